The van der Waals surface area contributed by atoms with Crippen LogP contribution in [0.1, 0.15) is 88.5 Å². The molecule has 0 spiro atoms. The van der Waals surface area contributed by atoms with E-state index >= 15 is 0 Å². The summed E-state index contributed by atoms with van der Waals surface area (Å²) in [6.07, 6.45) is 8.57. The van der Waals surface area contributed by atoms with Crippen LogP contribution in [-0.4, -0.2) is 4.40 Å². The van der Waals surface area contributed by atoms with E-state index in [1.165, 1.54) is 96.9 Å². The smallest absolute Gasteiger partial charge is 0.224 e. The fourth-order valence-corrected chi connectivity index (χ4v) is 7.67. The first-order chi connectivity index (χ1) is 18.4. The lowest BCUT2D eigenvalue weighted by molar-refractivity contribution is -0.643. The van der Waals surface area contributed by atoms with Crippen molar-refractivity contribution in [2.75, 3.05) is 0 Å². The fraction of sp³-hybridized carbons (Fsp3) is 0.432. The number of aryl methyl sites for hydroxylation is 3. The Labute approximate surface area is 233 Å². The second-order valence-electron chi connectivity index (χ2n) is 14.7. The number of nitrogens with zero attached hydrogens (tertiary/aromatic N) is 2. The van der Waals surface area contributed by atoms with Gasteiger partial charge in [0.25, 0.3) is 0 Å². The third kappa shape index (κ3) is 3.78. The SMILES string of the molecule is Cc1cc2c3cc(CC(C)(C)C)ccc3n3c4cc(C5CCC(C)(C)CC5)cc5cc[n+](C)c(c(c1C)c23)c54. The quantitative estimate of drug-likeness (QED) is 0.123. The molecule has 1 aliphatic rings. The minimum atomic E-state index is 0.261. The van der Waals surface area contributed by atoms with Gasteiger partial charge in [0.15, 0.2) is 6.20 Å². The number of hydrogen-bond donors (Lipinski definition) is 0. The van der Waals surface area contributed by atoms with E-state index in [0.717, 1.165) is 6.42 Å². The zero-order chi connectivity index (χ0) is 27.4. The van der Waals surface area contributed by atoms with Crippen LogP contribution in [0.4, 0.5) is 0 Å². The summed E-state index contributed by atoms with van der Waals surface area (Å²) in [6.45, 7) is 16.5. The van der Waals surface area contributed by atoms with Crippen LogP contribution in [0.3, 0.4) is 0 Å². The second kappa shape index (κ2) is 8.19. The number of fused-ring (bicyclic) bond motifs is 5. The van der Waals surface area contributed by atoms with Crippen LogP contribution in [0.2, 0.25) is 0 Å². The lowest BCUT2D eigenvalue weighted by Crippen LogP contribution is -2.29. The summed E-state index contributed by atoms with van der Waals surface area (Å²) in [7, 11) is 2.23. The third-order valence-electron chi connectivity index (χ3n) is 9.90. The average Bonchev–Trinajstić information content (AvgIpc) is 3.17. The van der Waals surface area contributed by atoms with Gasteiger partial charge in [-0.3, -0.25) is 0 Å². The van der Waals surface area contributed by atoms with Gasteiger partial charge in [0.05, 0.1) is 27.3 Å². The Kier molecular flexibility index (Phi) is 5.23. The Balaban J connectivity index is 1.63. The Morgan fingerprint density at radius 3 is 2.36 bits per heavy atom. The highest BCUT2D eigenvalue weighted by molar-refractivity contribution is 6.26. The Morgan fingerprint density at radius 1 is 0.897 bits per heavy atom. The first-order valence-corrected chi connectivity index (χ1v) is 15.0. The van der Waals surface area contributed by atoms with E-state index in [9.17, 15) is 0 Å². The van der Waals surface area contributed by atoms with Crippen molar-refractivity contribution in [3.05, 3.63) is 70.9 Å². The minimum absolute atomic E-state index is 0.261. The molecule has 0 atom stereocenters. The monoisotopic (exact) mass is 515 g/mol. The summed E-state index contributed by atoms with van der Waals surface area (Å²) in [5.74, 6) is 0.646. The molecule has 3 aromatic heterocycles. The molecule has 2 nitrogen and oxygen atoms in total. The maximum absolute atomic E-state index is 2.62. The molecular formula is C37H43N2+. The van der Waals surface area contributed by atoms with Crippen LogP contribution in [0.15, 0.2) is 48.7 Å². The van der Waals surface area contributed by atoms with E-state index in [4.69, 9.17) is 0 Å². The Bertz CT molecular complexity index is 1920. The number of rotatable bonds is 2. The molecule has 0 bridgehead atoms. The van der Waals surface area contributed by atoms with Crippen molar-refractivity contribution in [1.82, 2.24) is 4.40 Å². The summed E-state index contributed by atoms with van der Waals surface area (Å²) in [5.41, 5.74) is 11.9. The molecule has 3 heterocycles. The molecule has 1 aliphatic carbocycles. The number of aromatic nitrogens is 2. The summed E-state index contributed by atoms with van der Waals surface area (Å²) in [4.78, 5) is 0. The second-order valence-corrected chi connectivity index (χ2v) is 14.7. The summed E-state index contributed by atoms with van der Waals surface area (Å²) in [6, 6.07) is 17.1. The van der Waals surface area contributed by atoms with E-state index in [-0.39, 0.29) is 5.41 Å². The first-order valence-electron chi connectivity index (χ1n) is 15.0. The van der Waals surface area contributed by atoms with Gasteiger partial charge >= 0.3 is 0 Å². The van der Waals surface area contributed by atoms with Crippen molar-refractivity contribution < 1.29 is 4.57 Å². The van der Waals surface area contributed by atoms with Crippen LogP contribution >= 0.6 is 0 Å². The van der Waals surface area contributed by atoms with Crippen molar-refractivity contribution in [2.45, 2.75) is 86.5 Å². The van der Waals surface area contributed by atoms with Crippen molar-refractivity contribution in [2.24, 2.45) is 17.9 Å². The maximum Gasteiger partial charge on any atom is 0.224 e. The van der Waals surface area contributed by atoms with Crippen LogP contribution in [-0.2, 0) is 13.5 Å². The zero-order valence-corrected chi connectivity index (χ0v) is 25.1. The normalized spacial score (nSPS) is 17.0. The van der Waals surface area contributed by atoms with Crippen molar-refractivity contribution in [3.63, 3.8) is 0 Å². The molecule has 0 aliphatic heterocycles. The Morgan fingerprint density at radius 2 is 1.64 bits per heavy atom. The molecule has 200 valence electrons. The van der Waals surface area contributed by atoms with Crippen molar-refractivity contribution in [1.29, 1.82) is 0 Å². The minimum Gasteiger partial charge on any atom is -0.307 e. The van der Waals surface area contributed by atoms with E-state index < -0.39 is 0 Å². The van der Waals surface area contributed by atoms with Crippen LogP contribution in [0.5, 0.6) is 0 Å². The lowest BCUT2D eigenvalue weighted by atomic mass is 9.71. The van der Waals surface area contributed by atoms with Crippen LogP contribution in [0, 0.1) is 24.7 Å². The van der Waals surface area contributed by atoms with E-state index in [1.807, 2.05) is 0 Å². The van der Waals surface area contributed by atoms with Gasteiger partial charge < -0.3 is 4.40 Å². The number of hydrogen-bond acceptors (Lipinski definition) is 0. The number of pyridine rings is 2. The molecule has 1 fully saturated rings. The summed E-state index contributed by atoms with van der Waals surface area (Å²) in [5, 5.41) is 6.98. The predicted octanol–water partition coefficient (Wildman–Crippen LogP) is 9.70. The first kappa shape index (κ1) is 24.9. The highest BCUT2D eigenvalue weighted by atomic mass is 15.0. The molecule has 39 heavy (non-hydrogen) atoms. The molecule has 0 N–H and O–H groups in total. The highest BCUT2D eigenvalue weighted by Gasteiger charge is 2.30. The van der Waals surface area contributed by atoms with Crippen molar-refractivity contribution in [3.8, 4) is 0 Å². The Hall–Kier alpha value is -3.13. The van der Waals surface area contributed by atoms with Gasteiger partial charge in [-0.25, -0.2) is 4.57 Å². The molecule has 6 aromatic rings. The molecule has 7 rings (SSSR count). The standard InChI is InChI=1S/C37H43N2/c1-22-17-29-28-18-24(21-36(3,4)5)9-10-30(28)39-31-20-27(25-11-14-37(6,7)15-12-25)19-26-13-16-38(8)35(33(26)31)32(23(22)2)34(29)39/h9-10,13,16-20,25H,11-12,14-15,21H2,1-8H3/q+1. The third-order valence-corrected chi connectivity index (χ3v) is 9.90. The molecule has 1 saturated carbocycles. The van der Waals surface area contributed by atoms with E-state index in [2.05, 4.69) is 113 Å². The number of benzene rings is 3. The van der Waals surface area contributed by atoms with Gasteiger partial charge in [-0.1, -0.05) is 46.8 Å². The predicted molar refractivity (Wildman–Crippen MR) is 167 cm³/mol. The van der Waals surface area contributed by atoms with E-state index in [1.54, 1.807) is 0 Å². The molecular weight excluding hydrogens is 472 g/mol. The van der Waals surface area contributed by atoms with Gasteiger partial charge in [0, 0.05) is 16.8 Å². The lowest BCUT2D eigenvalue weighted by Gasteiger charge is -2.34. The molecule has 0 saturated heterocycles. The summed E-state index contributed by atoms with van der Waals surface area (Å²) >= 11 is 0. The maximum atomic E-state index is 2.62. The molecule has 2 heteroatoms. The van der Waals surface area contributed by atoms with Gasteiger partial charge in [-0.2, -0.15) is 0 Å². The molecule has 3 aromatic carbocycles. The highest BCUT2D eigenvalue weighted by Crippen LogP contribution is 2.46. The van der Waals surface area contributed by atoms with Gasteiger partial charge in [-0.15, -0.1) is 0 Å². The fourth-order valence-electron chi connectivity index (χ4n) is 7.67. The molecule has 0 radical (unpaired) electrons. The topological polar surface area (TPSA) is 8.29 Å². The summed E-state index contributed by atoms with van der Waals surface area (Å²) < 4.78 is 4.99. The zero-order valence-electron chi connectivity index (χ0n) is 25.1. The van der Waals surface area contributed by atoms with Gasteiger partial charge in [0.2, 0.25) is 5.52 Å². The van der Waals surface area contributed by atoms with Crippen LogP contribution < -0.4 is 4.57 Å². The van der Waals surface area contributed by atoms with Gasteiger partial charge in [0.1, 0.15) is 7.05 Å². The molecule has 0 amide bonds. The van der Waals surface area contributed by atoms with Crippen LogP contribution in [0.25, 0.3) is 49.0 Å². The average molecular weight is 516 g/mol. The van der Waals surface area contributed by atoms with E-state index in [0.29, 0.717) is 11.3 Å². The molecule has 0 unspecified atom stereocenters. The largest absolute Gasteiger partial charge is 0.307 e. The van der Waals surface area contributed by atoms with Gasteiger partial charge in [-0.05, 0) is 115 Å². The van der Waals surface area contributed by atoms with Crippen molar-refractivity contribution >= 4 is 49.0 Å².